The first-order chi connectivity index (χ1) is 13.6. The van der Waals surface area contributed by atoms with Crippen molar-refractivity contribution in [1.29, 1.82) is 0 Å². The van der Waals surface area contributed by atoms with Crippen LogP contribution in [0.25, 0.3) is 0 Å². The Morgan fingerprint density at radius 2 is 1.55 bits per heavy atom. The Morgan fingerprint density at radius 3 is 2.10 bits per heavy atom. The summed E-state index contributed by atoms with van der Waals surface area (Å²) in [5.41, 5.74) is 4.79. The highest BCUT2D eigenvalue weighted by atomic mass is 16.4. The molecule has 0 heterocycles. The summed E-state index contributed by atoms with van der Waals surface area (Å²) in [5.74, 6) is -1.64. The molecule has 0 aromatic rings. The third-order valence-electron chi connectivity index (χ3n) is 4.51. The van der Waals surface area contributed by atoms with Gasteiger partial charge < -0.3 is 21.5 Å². The first kappa shape index (κ1) is 26.5. The SMILES string of the molecule is C=C(C)C(=O)CCCCC[C@H]([NH3+])C(=O)NC(CCCCNC(=O)C(=C)C)C(=O)O. The monoisotopic (exact) mass is 410 g/mol. The molecule has 0 aromatic heterocycles. The highest BCUT2D eigenvalue weighted by Crippen LogP contribution is 2.08. The number of allylic oxidation sites excluding steroid dienone is 1. The van der Waals surface area contributed by atoms with Gasteiger partial charge in [0, 0.05) is 25.0 Å². The minimum Gasteiger partial charge on any atom is -0.480 e. The Hall–Kier alpha value is -2.48. The van der Waals surface area contributed by atoms with Gasteiger partial charge in [0.05, 0.1) is 0 Å². The summed E-state index contributed by atoms with van der Waals surface area (Å²) in [6.45, 7) is 10.9. The first-order valence-corrected chi connectivity index (χ1v) is 10.0. The zero-order valence-corrected chi connectivity index (χ0v) is 17.7. The molecular weight excluding hydrogens is 374 g/mol. The van der Waals surface area contributed by atoms with Crippen molar-refractivity contribution in [2.24, 2.45) is 0 Å². The molecule has 0 aromatic carbocycles. The van der Waals surface area contributed by atoms with Crippen LogP contribution in [0.5, 0.6) is 0 Å². The second-order valence-corrected chi connectivity index (χ2v) is 7.43. The van der Waals surface area contributed by atoms with E-state index in [1.165, 1.54) is 0 Å². The summed E-state index contributed by atoms with van der Waals surface area (Å²) in [5, 5.41) is 14.5. The Morgan fingerprint density at radius 1 is 0.931 bits per heavy atom. The highest BCUT2D eigenvalue weighted by Gasteiger charge is 2.24. The van der Waals surface area contributed by atoms with Gasteiger partial charge in [0.25, 0.3) is 5.91 Å². The van der Waals surface area contributed by atoms with Gasteiger partial charge in [0.1, 0.15) is 6.04 Å². The van der Waals surface area contributed by atoms with Gasteiger partial charge in [-0.3, -0.25) is 14.4 Å². The van der Waals surface area contributed by atoms with Gasteiger partial charge in [-0.05, 0) is 51.5 Å². The molecule has 8 heteroatoms. The van der Waals surface area contributed by atoms with E-state index in [1.807, 2.05) is 0 Å². The standard InChI is InChI=1S/C21H35N3O5/c1-14(2)18(25)12-7-5-6-10-16(22)20(27)24-17(21(28)29)11-8-9-13-23-19(26)15(3)4/h16-17H,1,3,5-13,22H2,2,4H3,(H,23,26)(H,24,27)(H,28,29)/p+1/t16-,17?/m0/s1. The molecule has 0 bridgehead atoms. The molecule has 0 rings (SSSR count). The van der Waals surface area contributed by atoms with Crippen LogP contribution in [0.2, 0.25) is 0 Å². The van der Waals surface area contributed by atoms with Crippen molar-refractivity contribution < 1.29 is 30.0 Å². The molecule has 0 fully saturated rings. The van der Waals surface area contributed by atoms with Crippen molar-refractivity contribution in [3.8, 4) is 0 Å². The van der Waals surface area contributed by atoms with Crippen LogP contribution < -0.4 is 16.4 Å². The zero-order chi connectivity index (χ0) is 22.4. The fraction of sp³-hybridized carbons (Fsp3) is 0.619. The Labute approximate surface area is 173 Å². The zero-order valence-electron chi connectivity index (χ0n) is 17.7. The van der Waals surface area contributed by atoms with Gasteiger partial charge in [0.2, 0.25) is 5.91 Å². The Bertz CT molecular complexity index is 615. The molecule has 0 aliphatic rings. The lowest BCUT2D eigenvalue weighted by atomic mass is 10.0. The average molecular weight is 411 g/mol. The number of nitrogens with one attached hydrogen (secondary N) is 2. The van der Waals surface area contributed by atoms with Gasteiger partial charge in [-0.1, -0.05) is 19.6 Å². The normalized spacial score (nSPS) is 12.5. The van der Waals surface area contributed by atoms with Crippen LogP contribution in [-0.4, -0.2) is 47.3 Å². The molecule has 2 amide bonds. The third-order valence-corrected chi connectivity index (χ3v) is 4.51. The van der Waals surface area contributed by atoms with Gasteiger partial charge in [-0.2, -0.15) is 0 Å². The summed E-state index contributed by atoms with van der Waals surface area (Å²) in [6.07, 6.45) is 4.70. The van der Waals surface area contributed by atoms with Crippen molar-refractivity contribution in [3.05, 3.63) is 24.3 Å². The number of unbranched alkanes of at least 4 members (excludes halogenated alkanes) is 3. The molecule has 0 aliphatic carbocycles. The smallest absolute Gasteiger partial charge is 0.326 e. The van der Waals surface area contributed by atoms with Crippen molar-refractivity contribution in [3.63, 3.8) is 0 Å². The van der Waals surface area contributed by atoms with E-state index in [0.717, 1.165) is 19.3 Å². The Balaban J connectivity index is 4.13. The van der Waals surface area contributed by atoms with E-state index in [9.17, 15) is 24.3 Å². The fourth-order valence-corrected chi connectivity index (χ4v) is 2.57. The maximum Gasteiger partial charge on any atom is 0.326 e. The van der Waals surface area contributed by atoms with Crippen LogP contribution in [0.4, 0.5) is 0 Å². The van der Waals surface area contributed by atoms with Crippen LogP contribution in [0, 0.1) is 0 Å². The van der Waals surface area contributed by atoms with E-state index >= 15 is 0 Å². The lowest BCUT2D eigenvalue weighted by Crippen LogP contribution is -2.68. The van der Waals surface area contributed by atoms with E-state index in [4.69, 9.17) is 0 Å². The second kappa shape index (κ2) is 14.5. The van der Waals surface area contributed by atoms with Crippen molar-refractivity contribution in [1.82, 2.24) is 10.6 Å². The molecule has 0 aliphatic heterocycles. The summed E-state index contributed by atoms with van der Waals surface area (Å²) < 4.78 is 0. The van der Waals surface area contributed by atoms with Crippen LogP contribution in [0.1, 0.15) is 65.2 Å². The van der Waals surface area contributed by atoms with Gasteiger partial charge in [0.15, 0.2) is 11.8 Å². The average Bonchev–Trinajstić information content (AvgIpc) is 2.65. The fourth-order valence-electron chi connectivity index (χ4n) is 2.57. The van der Waals surface area contributed by atoms with Gasteiger partial charge in [-0.25, -0.2) is 4.79 Å². The number of hydrogen-bond acceptors (Lipinski definition) is 4. The Kier molecular flexibility index (Phi) is 13.3. The number of carboxylic acid groups (broad SMARTS) is 1. The molecular formula is C21H36N3O5+. The number of rotatable bonds is 16. The quantitative estimate of drug-likeness (QED) is 0.223. The number of carbonyl (C=O) groups is 4. The van der Waals surface area contributed by atoms with Crippen LogP contribution in [-0.2, 0) is 19.2 Å². The minimum absolute atomic E-state index is 0.0532. The summed E-state index contributed by atoms with van der Waals surface area (Å²) >= 11 is 0. The predicted octanol–water partition coefficient (Wildman–Crippen LogP) is 1.12. The van der Waals surface area contributed by atoms with Gasteiger partial charge in [-0.15, -0.1) is 0 Å². The number of carboxylic acids is 1. The summed E-state index contributed by atoms with van der Waals surface area (Å²) in [6, 6.07) is -1.51. The number of Topliss-reactive ketones (excluding diaryl/α,β-unsaturated/α-hetero) is 1. The minimum atomic E-state index is -1.09. The molecule has 8 nitrogen and oxygen atoms in total. The molecule has 2 atom stereocenters. The first-order valence-electron chi connectivity index (χ1n) is 10.0. The molecule has 6 N–H and O–H groups in total. The number of aliphatic carboxylic acids is 1. The maximum atomic E-state index is 12.2. The molecule has 29 heavy (non-hydrogen) atoms. The highest BCUT2D eigenvalue weighted by molar-refractivity contribution is 5.94. The number of amides is 2. The maximum absolute atomic E-state index is 12.2. The van der Waals surface area contributed by atoms with E-state index in [0.29, 0.717) is 43.4 Å². The number of ketones is 1. The van der Waals surface area contributed by atoms with E-state index < -0.39 is 18.1 Å². The second-order valence-electron chi connectivity index (χ2n) is 7.43. The molecule has 0 spiro atoms. The lowest BCUT2D eigenvalue weighted by molar-refractivity contribution is -0.405. The third kappa shape index (κ3) is 12.6. The van der Waals surface area contributed by atoms with E-state index in [1.54, 1.807) is 13.8 Å². The van der Waals surface area contributed by atoms with Crippen molar-refractivity contribution >= 4 is 23.6 Å². The number of quaternary nitrogens is 1. The molecule has 0 saturated heterocycles. The summed E-state index contributed by atoms with van der Waals surface area (Å²) in [7, 11) is 0. The molecule has 1 unspecified atom stereocenters. The number of hydrogen-bond donors (Lipinski definition) is 4. The van der Waals surface area contributed by atoms with Crippen LogP contribution in [0.15, 0.2) is 24.3 Å². The van der Waals surface area contributed by atoms with Gasteiger partial charge >= 0.3 is 5.97 Å². The molecule has 0 saturated carbocycles. The van der Waals surface area contributed by atoms with Crippen LogP contribution in [0.3, 0.4) is 0 Å². The topological polar surface area (TPSA) is 140 Å². The number of carbonyl (C=O) groups excluding carboxylic acids is 3. The molecule has 0 radical (unpaired) electrons. The van der Waals surface area contributed by atoms with E-state index in [2.05, 4.69) is 29.5 Å². The van der Waals surface area contributed by atoms with Crippen molar-refractivity contribution in [2.45, 2.75) is 77.3 Å². The van der Waals surface area contributed by atoms with E-state index in [-0.39, 0.29) is 24.0 Å². The molecule has 164 valence electrons. The van der Waals surface area contributed by atoms with Crippen LogP contribution >= 0.6 is 0 Å². The van der Waals surface area contributed by atoms with Crippen molar-refractivity contribution in [2.75, 3.05) is 6.54 Å². The predicted molar refractivity (Wildman–Crippen MR) is 111 cm³/mol. The summed E-state index contributed by atoms with van der Waals surface area (Å²) in [4.78, 5) is 46.4. The largest absolute Gasteiger partial charge is 0.480 e. The lowest BCUT2D eigenvalue weighted by Gasteiger charge is -2.16.